The van der Waals surface area contributed by atoms with Crippen LogP contribution in [0.5, 0.6) is 11.5 Å². The van der Waals surface area contributed by atoms with Gasteiger partial charge in [-0.15, -0.1) is 0 Å². The molecule has 1 heterocycles. The summed E-state index contributed by atoms with van der Waals surface area (Å²) in [5.41, 5.74) is 6.03. The average Bonchev–Trinajstić information content (AvgIpc) is 3.53. The summed E-state index contributed by atoms with van der Waals surface area (Å²) in [5.74, 6) is -1.82. The summed E-state index contributed by atoms with van der Waals surface area (Å²) in [6.45, 7) is -1.30. The first-order valence-electron chi connectivity index (χ1n) is 10.9. The molecule has 1 atom stereocenters. The number of nitrogens with zero attached hydrogens (tertiary/aromatic N) is 1. The van der Waals surface area contributed by atoms with Gasteiger partial charge in [0.15, 0.2) is 23.0 Å². The molecule has 1 aliphatic carbocycles. The molecule has 4 rings (SSSR count). The zero-order valence-electron chi connectivity index (χ0n) is 18.7. The summed E-state index contributed by atoms with van der Waals surface area (Å²) >= 11 is 0. The topological polar surface area (TPSA) is 99.6 Å². The maximum atomic E-state index is 14.1. The lowest BCUT2D eigenvalue weighted by Crippen LogP contribution is -2.28. The molecule has 1 saturated carbocycles. The zero-order valence-corrected chi connectivity index (χ0v) is 18.7. The van der Waals surface area contributed by atoms with Gasteiger partial charge in [0, 0.05) is 17.2 Å². The molecule has 1 fully saturated rings. The van der Waals surface area contributed by atoms with Gasteiger partial charge in [0.05, 0.1) is 19.2 Å². The molecule has 35 heavy (non-hydrogen) atoms. The summed E-state index contributed by atoms with van der Waals surface area (Å²) in [6, 6.07) is 6.42. The van der Waals surface area contributed by atoms with Gasteiger partial charge < -0.3 is 24.9 Å². The van der Waals surface area contributed by atoms with Gasteiger partial charge >= 0.3 is 6.61 Å². The van der Waals surface area contributed by atoms with Crippen molar-refractivity contribution < 1.29 is 36.2 Å². The number of rotatable bonds is 10. The normalized spacial score (nSPS) is 14.1. The molecule has 0 radical (unpaired) electrons. The zero-order chi connectivity index (χ0) is 25.1. The number of carbonyl (C=O) groups excluding carboxylic acids is 1. The van der Waals surface area contributed by atoms with Crippen molar-refractivity contribution in [3.63, 3.8) is 0 Å². The van der Waals surface area contributed by atoms with Crippen LogP contribution in [0.3, 0.4) is 0 Å². The number of ether oxygens (including phenoxy) is 2. The first-order valence-corrected chi connectivity index (χ1v) is 10.9. The highest BCUT2D eigenvalue weighted by molar-refractivity contribution is 5.94. The van der Waals surface area contributed by atoms with E-state index in [9.17, 15) is 22.4 Å². The fraction of sp³-hybridized carbons (Fsp3) is 0.333. The lowest BCUT2D eigenvalue weighted by molar-refractivity contribution is -0.0515. The smallest absolute Gasteiger partial charge is 0.387 e. The van der Waals surface area contributed by atoms with Crippen molar-refractivity contribution in [2.24, 2.45) is 11.7 Å². The largest absolute Gasteiger partial charge is 0.489 e. The van der Waals surface area contributed by atoms with Crippen LogP contribution in [0, 0.1) is 17.6 Å². The third-order valence-corrected chi connectivity index (χ3v) is 5.45. The molecule has 11 heteroatoms. The number of aromatic nitrogens is 1. The van der Waals surface area contributed by atoms with Gasteiger partial charge in [-0.05, 0) is 49.9 Å². The highest BCUT2D eigenvalue weighted by Crippen LogP contribution is 2.36. The fourth-order valence-electron chi connectivity index (χ4n) is 3.43. The highest BCUT2D eigenvalue weighted by atomic mass is 19.3. The van der Waals surface area contributed by atoms with Crippen molar-refractivity contribution in [2.45, 2.75) is 39.0 Å². The summed E-state index contributed by atoms with van der Waals surface area (Å²) in [7, 11) is 0. The minimum atomic E-state index is -3.03. The van der Waals surface area contributed by atoms with Crippen molar-refractivity contribution in [3.8, 4) is 23.0 Å². The van der Waals surface area contributed by atoms with E-state index >= 15 is 0 Å². The molecule has 2 aromatic carbocycles. The third-order valence-electron chi connectivity index (χ3n) is 5.45. The SMILES string of the molecule is CC(NC(=O)c1nc(-c2ccc(OC(F)F)c(OCC3CC3)c2)oc1CN)c1ccc(F)cc1F. The number of benzene rings is 2. The Labute approximate surface area is 198 Å². The molecule has 3 aromatic rings. The molecule has 1 amide bonds. The Kier molecular flexibility index (Phi) is 7.25. The van der Waals surface area contributed by atoms with Crippen molar-refractivity contribution in [1.29, 1.82) is 0 Å². The van der Waals surface area contributed by atoms with Crippen LogP contribution in [-0.2, 0) is 6.54 Å². The number of amides is 1. The monoisotopic (exact) mass is 493 g/mol. The number of oxazole rings is 1. The maximum absolute atomic E-state index is 14.1. The Balaban J connectivity index is 1.57. The van der Waals surface area contributed by atoms with Gasteiger partial charge in [-0.1, -0.05) is 6.07 Å². The Morgan fingerprint density at radius 3 is 2.63 bits per heavy atom. The lowest BCUT2D eigenvalue weighted by atomic mass is 10.1. The molecule has 1 aromatic heterocycles. The van der Waals surface area contributed by atoms with E-state index in [4.69, 9.17) is 14.9 Å². The average molecular weight is 493 g/mol. The van der Waals surface area contributed by atoms with Gasteiger partial charge in [0.2, 0.25) is 5.89 Å². The van der Waals surface area contributed by atoms with Gasteiger partial charge in [-0.2, -0.15) is 8.78 Å². The second kappa shape index (κ2) is 10.3. The molecule has 0 bridgehead atoms. The highest BCUT2D eigenvalue weighted by Gasteiger charge is 2.25. The predicted octanol–water partition coefficient (Wildman–Crippen LogP) is 4.96. The maximum Gasteiger partial charge on any atom is 0.387 e. The quantitative estimate of drug-likeness (QED) is 0.388. The lowest BCUT2D eigenvalue weighted by Gasteiger charge is -2.14. The number of alkyl halides is 2. The number of hydrogen-bond donors (Lipinski definition) is 2. The Morgan fingerprint density at radius 2 is 1.97 bits per heavy atom. The minimum Gasteiger partial charge on any atom is -0.489 e. The van der Waals surface area contributed by atoms with Crippen LogP contribution in [0.2, 0.25) is 0 Å². The Hall–Kier alpha value is -3.60. The van der Waals surface area contributed by atoms with Crippen LogP contribution in [-0.4, -0.2) is 24.1 Å². The summed E-state index contributed by atoms with van der Waals surface area (Å²) < 4.78 is 68.7. The van der Waals surface area contributed by atoms with E-state index in [1.807, 2.05) is 0 Å². The Bertz CT molecular complexity index is 1210. The van der Waals surface area contributed by atoms with Crippen molar-refractivity contribution in [3.05, 3.63) is 65.1 Å². The molecule has 186 valence electrons. The molecule has 0 aliphatic heterocycles. The fourth-order valence-corrected chi connectivity index (χ4v) is 3.43. The van der Waals surface area contributed by atoms with Crippen molar-refractivity contribution >= 4 is 5.91 Å². The third kappa shape index (κ3) is 5.91. The van der Waals surface area contributed by atoms with Crippen LogP contribution < -0.4 is 20.5 Å². The van der Waals surface area contributed by atoms with Crippen LogP contribution in [0.25, 0.3) is 11.5 Å². The van der Waals surface area contributed by atoms with Gasteiger partial charge in [0.25, 0.3) is 5.91 Å². The van der Waals surface area contributed by atoms with Gasteiger partial charge in [-0.25, -0.2) is 13.8 Å². The van der Waals surface area contributed by atoms with Crippen LogP contribution in [0.4, 0.5) is 17.6 Å². The first kappa shape index (κ1) is 24.5. The van der Waals surface area contributed by atoms with E-state index in [1.165, 1.54) is 31.2 Å². The summed E-state index contributed by atoms with van der Waals surface area (Å²) in [5, 5.41) is 2.59. The number of carbonyl (C=O) groups is 1. The molecular weight excluding hydrogens is 470 g/mol. The number of halogens is 4. The van der Waals surface area contributed by atoms with E-state index < -0.39 is 30.2 Å². The molecule has 0 saturated heterocycles. The van der Waals surface area contributed by atoms with E-state index in [0.29, 0.717) is 18.1 Å². The molecule has 1 aliphatic rings. The van der Waals surface area contributed by atoms with Gasteiger partial charge in [0.1, 0.15) is 11.6 Å². The number of nitrogens with two attached hydrogens (primary N) is 1. The molecule has 7 nitrogen and oxygen atoms in total. The van der Waals surface area contributed by atoms with Crippen LogP contribution >= 0.6 is 0 Å². The summed E-state index contributed by atoms with van der Waals surface area (Å²) in [6.07, 6.45) is 2.01. The van der Waals surface area contributed by atoms with E-state index in [-0.39, 0.29) is 41.0 Å². The number of nitrogens with one attached hydrogen (secondary N) is 1. The Morgan fingerprint density at radius 1 is 1.20 bits per heavy atom. The van der Waals surface area contributed by atoms with Gasteiger partial charge in [-0.3, -0.25) is 4.79 Å². The molecule has 3 N–H and O–H groups in total. The molecular formula is C24H23F4N3O4. The minimum absolute atomic E-state index is 0.0103. The standard InChI is InChI=1S/C24H23F4N3O4/c1-12(16-6-5-15(25)9-17(16)26)30-22(32)21-20(10-29)34-23(31-21)14-4-7-18(35-24(27)28)19(8-14)33-11-13-2-3-13/h4-9,12-13,24H,2-3,10-11,29H2,1H3,(H,30,32). The van der Waals surface area contributed by atoms with Crippen molar-refractivity contribution in [2.75, 3.05) is 6.61 Å². The molecule has 0 spiro atoms. The van der Waals surface area contributed by atoms with Crippen molar-refractivity contribution in [1.82, 2.24) is 10.3 Å². The number of hydrogen-bond acceptors (Lipinski definition) is 6. The summed E-state index contributed by atoms with van der Waals surface area (Å²) in [4.78, 5) is 17.1. The van der Waals surface area contributed by atoms with E-state index in [2.05, 4.69) is 15.0 Å². The first-order chi connectivity index (χ1) is 16.7. The molecule has 1 unspecified atom stereocenters. The van der Waals surface area contributed by atoms with Crippen LogP contribution in [0.1, 0.15) is 47.6 Å². The predicted molar refractivity (Wildman–Crippen MR) is 117 cm³/mol. The second-order valence-electron chi connectivity index (χ2n) is 8.15. The van der Waals surface area contributed by atoms with E-state index in [1.54, 1.807) is 0 Å². The second-order valence-corrected chi connectivity index (χ2v) is 8.15. The van der Waals surface area contributed by atoms with E-state index in [0.717, 1.165) is 25.0 Å². The van der Waals surface area contributed by atoms with Crippen LogP contribution in [0.15, 0.2) is 40.8 Å².